The molecule has 0 aliphatic carbocycles. The molecule has 0 aliphatic rings. The fourth-order valence-electron chi connectivity index (χ4n) is 2.36. The van der Waals surface area contributed by atoms with E-state index < -0.39 is 9.84 Å². The summed E-state index contributed by atoms with van der Waals surface area (Å²) in [7, 11) is 0.729. The SMILES string of the molecule is CN(C)c1ccc(-c2cncn2-c2ccc(S(C)(=O)=O)cn2)cc1. The fraction of sp³-hybridized carbons (Fsp3) is 0.176. The highest BCUT2D eigenvalue weighted by Gasteiger charge is 2.11. The first kappa shape index (κ1) is 16.2. The predicted octanol–water partition coefficient (Wildman–Crippen LogP) is 2.40. The molecule has 24 heavy (non-hydrogen) atoms. The maximum atomic E-state index is 11.5. The molecular formula is C17H18N4O2S. The summed E-state index contributed by atoms with van der Waals surface area (Å²) in [6.07, 6.45) is 5.96. The molecule has 7 heteroatoms. The zero-order chi connectivity index (χ0) is 17.3. The van der Waals surface area contributed by atoms with Gasteiger partial charge in [0.05, 0.1) is 16.8 Å². The number of benzene rings is 1. The second-order valence-electron chi connectivity index (χ2n) is 5.71. The number of imidazole rings is 1. The van der Waals surface area contributed by atoms with E-state index in [4.69, 9.17) is 0 Å². The van der Waals surface area contributed by atoms with Crippen LogP contribution in [0.25, 0.3) is 17.1 Å². The average molecular weight is 342 g/mol. The van der Waals surface area contributed by atoms with Gasteiger partial charge in [-0.1, -0.05) is 12.1 Å². The Morgan fingerprint density at radius 2 is 1.71 bits per heavy atom. The van der Waals surface area contributed by atoms with Gasteiger partial charge in [-0.3, -0.25) is 4.57 Å². The molecule has 0 radical (unpaired) electrons. The lowest BCUT2D eigenvalue weighted by molar-refractivity contribution is 0.601. The third-order valence-corrected chi connectivity index (χ3v) is 4.81. The zero-order valence-corrected chi connectivity index (χ0v) is 14.5. The molecule has 2 aromatic heterocycles. The standard InChI is InChI=1S/C17H18N4O2S/c1-20(2)14-6-4-13(5-7-14)16-11-18-12-21(16)17-9-8-15(10-19-17)24(3,22)23/h4-12H,1-3H3. The van der Waals surface area contributed by atoms with E-state index in [1.165, 1.54) is 12.5 Å². The molecule has 0 spiro atoms. The van der Waals surface area contributed by atoms with Crippen LogP contribution in [0.5, 0.6) is 0 Å². The van der Waals surface area contributed by atoms with Crippen molar-refractivity contribution in [2.24, 2.45) is 0 Å². The van der Waals surface area contributed by atoms with Crippen LogP contribution in [0.1, 0.15) is 0 Å². The second kappa shape index (κ2) is 6.09. The van der Waals surface area contributed by atoms with Crippen molar-refractivity contribution in [1.29, 1.82) is 0 Å². The Kier molecular flexibility index (Phi) is 4.11. The second-order valence-corrected chi connectivity index (χ2v) is 7.73. The summed E-state index contributed by atoms with van der Waals surface area (Å²) in [5, 5.41) is 0. The lowest BCUT2D eigenvalue weighted by Gasteiger charge is -2.13. The van der Waals surface area contributed by atoms with E-state index in [1.807, 2.05) is 47.8 Å². The van der Waals surface area contributed by atoms with Crippen LogP contribution in [0, 0.1) is 0 Å². The van der Waals surface area contributed by atoms with E-state index in [2.05, 4.69) is 9.97 Å². The minimum absolute atomic E-state index is 0.197. The van der Waals surface area contributed by atoms with E-state index >= 15 is 0 Å². The number of rotatable bonds is 4. The van der Waals surface area contributed by atoms with Gasteiger partial charge < -0.3 is 4.90 Å². The highest BCUT2D eigenvalue weighted by Crippen LogP contribution is 2.24. The predicted molar refractivity (Wildman–Crippen MR) is 94.2 cm³/mol. The van der Waals surface area contributed by atoms with Crippen LogP contribution in [0.2, 0.25) is 0 Å². The highest BCUT2D eigenvalue weighted by molar-refractivity contribution is 7.90. The van der Waals surface area contributed by atoms with Crippen molar-refractivity contribution in [3.05, 3.63) is 55.1 Å². The first-order valence-electron chi connectivity index (χ1n) is 7.33. The minimum Gasteiger partial charge on any atom is -0.378 e. The van der Waals surface area contributed by atoms with Gasteiger partial charge in [0.1, 0.15) is 12.1 Å². The van der Waals surface area contributed by atoms with Gasteiger partial charge in [0.25, 0.3) is 0 Å². The molecule has 0 N–H and O–H groups in total. The summed E-state index contributed by atoms with van der Waals surface area (Å²) in [4.78, 5) is 10.7. The summed E-state index contributed by atoms with van der Waals surface area (Å²) in [6.45, 7) is 0. The zero-order valence-electron chi connectivity index (χ0n) is 13.7. The molecule has 0 unspecified atom stereocenters. The van der Waals surface area contributed by atoms with Crippen molar-refractivity contribution in [1.82, 2.24) is 14.5 Å². The molecule has 0 saturated heterocycles. The van der Waals surface area contributed by atoms with Gasteiger partial charge in [0, 0.05) is 37.8 Å². The fourth-order valence-corrected chi connectivity index (χ4v) is 2.92. The molecule has 0 fully saturated rings. The van der Waals surface area contributed by atoms with Crippen LogP contribution < -0.4 is 4.90 Å². The third kappa shape index (κ3) is 3.16. The van der Waals surface area contributed by atoms with Gasteiger partial charge in [-0.25, -0.2) is 18.4 Å². The Bertz CT molecular complexity index is 943. The van der Waals surface area contributed by atoms with Gasteiger partial charge in [-0.2, -0.15) is 0 Å². The molecule has 6 nitrogen and oxygen atoms in total. The van der Waals surface area contributed by atoms with Gasteiger partial charge in [0.2, 0.25) is 0 Å². The molecule has 0 aliphatic heterocycles. The third-order valence-electron chi connectivity index (χ3n) is 3.71. The van der Waals surface area contributed by atoms with Gasteiger partial charge >= 0.3 is 0 Å². The number of aromatic nitrogens is 3. The average Bonchev–Trinajstić information content (AvgIpc) is 3.04. The number of anilines is 1. The maximum absolute atomic E-state index is 11.5. The maximum Gasteiger partial charge on any atom is 0.177 e. The van der Waals surface area contributed by atoms with Gasteiger partial charge in [-0.15, -0.1) is 0 Å². The number of sulfone groups is 1. The Hall–Kier alpha value is -2.67. The van der Waals surface area contributed by atoms with Gasteiger partial charge in [0.15, 0.2) is 9.84 Å². The highest BCUT2D eigenvalue weighted by atomic mass is 32.2. The molecule has 1 aromatic carbocycles. The minimum atomic E-state index is -3.26. The normalized spacial score (nSPS) is 11.5. The number of nitrogens with zero attached hydrogens (tertiary/aromatic N) is 4. The summed E-state index contributed by atoms with van der Waals surface area (Å²) >= 11 is 0. The molecule has 0 atom stereocenters. The molecule has 0 saturated carbocycles. The van der Waals surface area contributed by atoms with Crippen molar-refractivity contribution < 1.29 is 8.42 Å². The van der Waals surface area contributed by atoms with E-state index in [0.29, 0.717) is 5.82 Å². The summed E-state index contributed by atoms with van der Waals surface area (Å²) < 4.78 is 24.9. The van der Waals surface area contributed by atoms with Gasteiger partial charge in [-0.05, 0) is 24.3 Å². The summed E-state index contributed by atoms with van der Waals surface area (Å²) in [5.74, 6) is 0.617. The Labute approximate surface area is 141 Å². The Morgan fingerprint density at radius 1 is 1.00 bits per heavy atom. The van der Waals surface area contributed by atoms with Crippen LogP contribution in [0.4, 0.5) is 5.69 Å². The Morgan fingerprint density at radius 3 is 2.25 bits per heavy atom. The van der Waals surface area contributed by atoms with E-state index in [9.17, 15) is 8.42 Å². The number of hydrogen-bond acceptors (Lipinski definition) is 5. The van der Waals surface area contributed by atoms with Crippen LogP contribution in [0.3, 0.4) is 0 Å². The van der Waals surface area contributed by atoms with Crippen molar-refractivity contribution in [3.8, 4) is 17.1 Å². The molecule has 0 bridgehead atoms. The number of hydrogen-bond donors (Lipinski definition) is 0. The topological polar surface area (TPSA) is 68.1 Å². The molecule has 2 heterocycles. The molecule has 3 rings (SSSR count). The molecular weight excluding hydrogens is 324 g/mol. The Balaban J connectivity index is 1.98. The van der Waals surface area contributed by atoms with Crippen LogP contribution >= 0.6 is 0 Å². The summed E-state index contributed by atoms with van der Waals surface area (Å²) in [5.41, 5.74) is 3.01. The molecule has 0 amide bonds. The first-order valence-corrected chi connectivity index (χ1v) is 9.22. The molecule has 3 aromatic rings. The van der Waals surface area contributed by atoms with E-state index in [-0.39, 0.29) is 4.90 Å². The lowest BCUT2D eigenvalue weighted by Crippen LogP contribution is -2.08. The van der Waals surface area contributed by atoms with Crippen molar-refractivity contribution in [2.45, 2.75) is 4.90 Å². The van der Waals surface area contributed by atoms with Crippen molar-refractivity contribution in [2.75, 3.05) is 25.3 Å². The van der Waals surface area contributed by atoms with E-state index in [0.717, 1.165) is 16.9 Å². The molecule has 124 valence electrons. The smallest absolute Gasteiger partial charge is 0.177 e. The lowest BCUT2D eigenvalue weighted by atomic mass is 10.1. The number of pyridine rings is 1. The summed E-state index contributed by atoms with van der Waals surface area (Å²) in [6, 6.07) is 11.3. The van der Waals surface area contributed by atoms with Crippen LogP contribution in [-0.2, 0) is 9.84 Å². The quantitative estimate of drug-likeness (QED) is 0.728. The largest absolute Gasteiger partial charge is 0.378 e. The van der Waals surface area contributed by atoms with Crippen LogP contribution in [-0.4, -0.2) is 43.3 Å². The van der Waals surface area contributed by atoms with Crippen molar-refractivity contribution >= 4 is 15.5 Å². The van der Waals surface area contributed by atoms with Crippen molar-refractivity contribution in [3.63, 3.8) is 0 Å². The first-order chi connectivity index (χ1) is 11.4. The van der Waals surface area contributed by atoms with Crippen LogP contribution in [0.15, 0.2) is 60.0 Å². The van der Waals surface area contributed by atoms with E-state index in [1.54, 1.807) is 24.7 Å². The monoisotopic (exact) mass is 342 g/mol.